The lowest BCUT2D eigenvalue weighted by atomic mass is 10.1. The molecule has 0 aromatic carbocycles. The fourth-order valence-electron chi connectivity index (χ4n) is 2.38. The van der Waals surface area contributed by atoms with Crippen molar-refractivity contribution in [2.75, 3.05) is 26.2 Å². The number of carboxylic acid groups (broad SMARTS) is 1. The lowest BCUT2D eigenvalue weighted by Gasteiger charge is -2.26. The van der Waals surface area contributed by atoms with Crippen LogP contribution < -0.4 is 10.6 Å². The molecule has 0 aliphatic carbocycles. The van der Waals surface area contributed by atoms with Crippen molar-refractivity contribution >= 4 is 12.0 Å². The molecule has 2 amide bonds. The van der Waals surface area contributed by atoms with Gasteiger partial charge < -0.3 is 20.6 Å². The van der Waals surface area contributed by atoms with E-state index in [0.29, 0.717) is 19.5 Å². The topological polar surface area (TPSA) is 81.7 Å². The molecule has 2 saturated heterocycles. The molecule has 1 atom stereocenters. The first-order valence-corrected chi connectivity index (χ1v) is 6.16. The highest BCUT2D eigenvalue weighted by atomic mass is 16.4. The maximum atomic E-state index is 11.9. The average molecular weight is 241 g/mol. The van der Waals surface area contributed by atoms with Gasteiger partial charge in [0, 0.05) is 19.1 Å². The number of nitrogens with one attached hydrogen (secondary N) is 2. The van der Waals surface area contributed by atoms with Gasteiger partial charge in [-0.3, -0.25) is 4.79 Å². The van der Waals surface area contributed by atoms with E-state index in [-0.39, 0.29) is 12.1 Å². The number of carbonyl (C=O) groups is 2. The number of rotatable bonds is 2. The Morgan fingerprint density at radius 1 is 1.24 bits per heavy atom. The van der Waals surface area contributed by atoms with Gasteiger partial charge in [-0.1, -0.05) is 0 Å². The Labute approximate surface area is 100 Å². The van der Waals surface area contributed by atoms with E-state index >= 15 is 0 Å². The average Bonchev–Trinajstić information content (AvgIpc) is 2.79. The lowest BCUT2D eigenvalue weighted by molar-refractivity contribution is -0.141. The van der Waals surface area contributed by atoms with E-state index in [1.54, 1.807) is 4.90 Å². The summed E-state index contributed by atoms with van der Waals surface area (Å²) in [5, 5.41) is 15.1. The second-order valence-corrected chi connectivity index (χ2v) is 4.74. The number of nitrogens with zero attached hydrogens (tertiary/aromatic N) is 1. The molecular formula is C11H19N3O3. The van der Waals surface area contributed by atoms with Crippen LogP contribution in [-0.2, 0) is 4.79 Å². The fourth-order valence-corrected chi connectivity index (χ4v) is 2.38. The monoisotopic (exact) mass is 241 g/mol. The summed E-state index contributed by atoms with van der Waals surface area (Å²) in [6.07, 6.45) is 2.46. The van der Waals surface area contributed by atoms with Gasteiger partial charge in [0.2, 0.25) is 0 Å². The summed E-state index contributed by atoms with van der Waals surface area (Å²) < 4.78 is 0. The molecule has 3 N–H and O–H groups in total. The molecule has 2 rings (SSSR count). The van der Waals surface area contributed by atoms with Crippen LogP contribution in [0.25, 0.3) is 0 Å². The van der Waals surface area contributed by atoms with E-state index in [2.05, 4.69) is 10.6 Å². The van der Waals surface area contributed by atoms with E-state index < -0.39 is 11.9 Å². The zero-order chi connectivity index (χ0) is 12.3. The molecule has 17 heavy (non-hydrogen) atoms. The molecule has 0 aromatic rings. The van der Waals surface area contributed by atoms with Gasteiger partial charge in [0.25, 0.3) is 0 Å². The molecule has 0 bridgehead atoms. The largest absolute Gasteiger partial charge is 0.481 e. The smallest absolute Gasteiger partial charge is 0.317 e. The molecule has 0 spiro atoms. The van der Waals surface area contributed by atoms with Crippen molar-refractivity contribution in [1.29, 1.82) is 0 Å². The summed E-state index contributed by atoms with van der Waals surface area (Å²) in [4.78, 5) is 24.3. The molecular weight excluding hydrogens is 222 g/mol. The van der Waals surface area contributed by atoms with E-state index in [1.165, 1.54) is 0 Å². The molecule has 1 unspecified atom stereocenters. The summed E-state index contributed by atoms with van der Waals surface area (Å²) in [6, 6.07) is 0.119. The van der Waals surface area contributed by atoms with Crippen LogP contribution in [0.5, 0.6) is 0 Å². The third-order valence-electron chi connectivity index (χ3n) is 3.49. The highest BCUT2D eigenvalue weighted by molar-refractivity contribution is 5.77. The third-order valence-corrected chi connectivity index (χ3v) is 3.49. The van der Waals surface area contributed by atoms with Crippen molar-refractivity contribution in [2.24, 2.45) is 5.92 Å². The van der Waals surface area contributed by atoms with Crippen molar-refractivity contribution in [1.82, 2.24) is 15.5 Å². The predicted molar refractivity (Wildman–Crippen MR) is 61.7 cm³/mol. The first-order valence-electron chi connectivity index (χ1n) is 6.16. The standard InChI is InChI=1S/C11H19N3O3/c15-10(16)8-3-6-14(7-8)11(17)13-9-1-4-12-5-2-9/h8-9,12H,1-7H2,(H,13,17)(H,15,16). The van der Waals surface area contributed by atoms with Crippen LogP contribution in [0, 0.1) is 5.92 Å². The Balaban J connectivity index is 1.78. The Hall–Kier alpha value is -1.30. The van der Waals surface area contributed by atoms with Crippen LogP contribution in [0.2, 0.25) is 0 Å². The summed E-state index contributed by atoms with van der Waals surface area (Å²) in [5.41, 5.74) is 0. The molecule has 6 nitrogen and oxygen atoms in total. The van der Waals surface area contributed by atoms with Crippen LogP contribution in [0.1, 0.15) is 19.3 Å². The van der Waals surface area contributed by atoms with Crippen LogP contribution in [0.15, 0.2) is 0 Å². The number of carbonyl (C=O) groups excluding carboxylic acids is 1. The summed E-state index contributed by atoms with van der Waals surface area (Å²) in [6.45, 7) is 2.76. The minimum atomic E-state index is -0.804. The van der Waals surface area contributed by atoms with Crippen molar-refractivity contribution in [3.63, 3.8) is 0 Å². The van der Waals surface area contributed by atoms with Gasteiger partial charge in [0.05, 0.1) is 5.92 Å². The van der Waals surface area contributed by atoms with Gasteiger partial charge in [-0.05, 0) is 32.4 Å². The number of urea groups is 1. The fraction of sp³-hybridized carbons (Fsp3) is 0.818. The molecule has 2 aliphatic heterocycles. The Bertz CT molecular complexity index is 302. The summed E-state index contributed by atoms with van der Waals surface area (Å²) >= 11 is 0. The van der Waals surface area contributed by atoms with E-state index in [9.17, 15) is 9.59 Å². The van der Waals surface area contributed by atoms with Crippen molar-refractivity contribution < 1.29 is 14.7 Å². The molecule has 6 heteroatoms. The van der Waals surface area contributed by atoms with Crippen LogP contribution in [0.4, 0.5) is 4.79 Å². The van der Waals surface area contributed by atoms with Crippen LogP contribution in [0.3, 0.4) is 0 Å². The Morgan fingerprint density at radius 2 is 1.94 bits per heavy atom. The lowest BCUT2D eigenvalue weighted by Crippen LogP contribution is -2.47. The highest BCUT2D eigenvalue weighted by Crippen LogP contribution is 2.16. The Morgan fingerprint density at radius 3 is 2.53 bits per heavy atom. The SMILES string of the molecule is O=C(O)C1CCN(C(=O)NC2CCNCC2)C1. The molecule has 96 valence electrons. The minimum Gasteiger partial charge on any atom is -0.481 e. The second-order valence-electron chi connectivity index (χ2n) is 4.74. The van der Waals surface area contributed by atoms with Gasteiger partial charge in [-0.2, -0.15) is 0 Å². The van der Waals surface area contributed by atoms with E-state index in [0.717, 1.165) is 25.9 Å². The van der Waals surface area contributed by atoms with Gasteiger partial charge in [0.1, 0.15) is 0 Å². The zero-order valence-corrected chi connectivity index (χ0v) is 9.82. The number of likely N-dealkylation sites (tertiary alicyclic amines) is 1. The molecule has 0 radical (unpaired) electrons. The highest BCUT2D eigenvalue weighted by Gasteiger charge is 2.31. The van der Waals surface area contributed by atoms with Crippen molar-refractivity contribution in [2.45, 2.75) is 25.3 Å². The first-order chi connectivity index (χ1) is 8.16. The third kappa shape index (κ3) is 3.09. The first kappa shape index (κ1) is 12.2. The van der Waals surface area contributed by atoms with Gasteiger partial charge in [-0.25, -0.2) is 4.79 Å². The number of carboxylic acids is 1. The van der Waals surface area contributed by atoms with Gasteiger partial charge in [-0.15, -0.1) is 0 Å². The van der Waals surface area contributed by atoms with Crippen molar-refractivity contribution in [3.8, 4) is 0 Å². The number of piperidine rings is 1. The van der Waals surface area contributed by atoms with E-state index in [4.69, 9.17) is 5.11 Å². The maximum Gasteiger partial charge on any atom is 0.317 e. The number of amides is 2. The number of aliphatic carboxylic acids is 1. The Kier molecular flexibility index (Phi) is 3.83. The zero-order valence-electron chi connectivity index (χ0n) is 9.82. The molecule has 0 saturated carbocycles. The minimum absolute atomic E-state index is 0.111. The summed E-state index contributed by atoms with van der Waals surface area (Å²) in [7, 11) is 0. The maximum absolute atomic E-state index is 11.9. The van der Waals surface area contributed by atoms with Crippen molar-refractivity contribution in [3.05, 3.63) is 0 Å². The van der Waals surface area contributed by atoms with Crippen LogP contribution >= 0.6 is 0 Å². The van der Waals surface area contributed by atoms with Gasteiger partial charge >= 0.3 is 12.0 Å². The van der Waals surface area contributed by atoms with Gasteiger partial charge in [0.15, 0.2) is 0 Å². The number of hydrogen-bond donors (Lipinski definition) is 3. The van der Waals surface area contributed by atoms with E-state index in [1.807, 2.05) is 0 Å². The normalized spacial score (nSPS) is 25.9. The predicted octanol–water partition coefficient (Wildman–Crippen LogP) is -0.145. The molecule has 2 fully saturated rings. The number of hydrogen-bond acceptors (Lipinski definition) is 3. The summed E-state index contributed by atoms with van der Waals surface area (Å²) in [5.74, 6) is -1.20. The second kappa shape index (κ2) is 5.35. The molecule has 0 aromatic heterocycles. The molecule has 2 aliphatic rings. The molecule has 2 heterocycles. The van der Waals surface area contributed by atoms with Crippen LogP contribution in [-0.4, -0.2) is 54.2 Å². The quantitative estimate of drug-likeness (QED) is 0.628.